The molecule has 110 valence electrons. The lowest BCUT2D eigenvalue weighted by molar-refractivity contribution is -0.122. The summed E-state index contributed by atoms with van der Waals surface area (Å²) < 4.78 is 3.86. The summed E-state index contributed by atoms with van der Waals surface area (Å²) in [6.07, 6.45) is 0.716. The third kappa shape index (κ3) is 3.31. The Labute approximate surface area is 122 Å². The summed E-state index contributed by atoms with van der Waals surface area (Å²) in [6.45, 7) is 5.06. The molecule has 20 heavy (non-hydrogen) atoms. The largest absolute Gasteiger partial charge is 0.358 e. The molecule has 2 rings (SSSR count). The number of hydrogen-bond donors (Lipinski definition) is 1. The Kier molecular flexibility index (Phi) is 5.02. The zero-order chi connectivity index (χ0) is 14.5. The lowest BCUT2D eigenvalue weighted by Gasteiger charge is -2.34. The van der Waals surface area contributed by atoms with E-state index in [0.29, 0.717) is 44.0 Å². The summed E-state index contributed by atoms with van der Waals surface area (Å²) >= 11 is 1.16. The molecular formula is C12H19N5O2S. The van der Waals surface area contributed by atoms with Crippen LogP contribution in [0.3, 0.4) is 0 Å². The number of carbonyl (C=O) groups is 2. The Morgan fingerprint density at radius 2 is 2.00 bits per heavy atom. The van der Waals surface area contributed by atoms with E-state index in [9.17, 15) is 9.59 Å². The number of hydrogen-bond acceptors (Lipinski definition) is 6. The van der Waals surface area contributed by atoms with Crippen LogP contribution in [0.15, 0.2) is 0 Å². The molecule has 0 saturated carbocycles. The second-order valence-corrected chi connectivity index (χ2v) is 5.40. The molecule has 7 nitrogen and oxygen atoms in total. The predicted molar refractivity (Wildman–Crippen MR) is 75.7 cm³/mol. The Morgan fingerprint density at radius 1 is 1.30 bits per heavy atom. The highest BCUT2D eigenvalue weighted by Crippen LogP contribution is 2.15. The number of nitrogens with one attached hydrogen (secondary N) is 1. The maximum Gasteiger partial charge on any atom is 0.267 e. The first-order valence-electron chi connectivity index (χ1n) is 6.69. The van der Waals surface area contributed by atoms with Crippen LogP contribution >= 0.6 is 11.5 Å². The topological polar surface area (TPSA) is 78.4 Å². The number of piperazine rings is 1. The minimum atomic E-state index is 0.00435. The fraction of sp³-hybridized carbons (Fsp3) is 0.667. The molecule has 8 heteroatoms. The Hall–Kier alpha value is -1.54. The van der Waals surface area contributed by atoms with Crippen LogP contribution in [0.2, 0.25) is 0 Å². The molecule has 0 aromatic carbocycles. The van der Waals surface area contributed by atoms with Gasteiger partial charge in [-0.1, -0.05) is 11.4 Å². The summed E-state index contributed by atoms with van der Waals surface area (Å²) in [6, 6.07) is 0. The van der Waals surface area contributed by atoms with Crippen LogP contribution in [-0.2, 0) is 11.2 Å². The lowest BCUT2D eigenvalue weighted by Crippen LogP contribution is -2.50. The van der Waals surface area contributed by atoms with Gasteiger partial charge in [0.25, 0.3) is 5.91 Å². The number of nitrogens with zero attached hydrogens (tertiary/aromatic N) is 4. The first-order valence-corrected chi connectivity index (χ1v) is 7.46. The van der Waals surface area contributed by atoms with E-state index in [1.54, 1.807) is 7.05 Å². The van der Waals surface area contributed by atoms with Crippen LogP contribution in [0.5, 0.6) is 0 Å². The van der Waals surface area contributed by atoms with Crippen molar-refractivity contribution in [2.45, 2.75) is 13.3 Å². The number of aryl methyl sites for hydroxylation is 1. The van der Waals surface area contributed by atoms with Gasteiger partial charge >= 0.3 is 0 Å². The highest BCUT2D eigenvalue weighted by molar-refractivity contribution is 7.08. The van der Waals surface area contributed by atoms with E-state index in [4.69, 9.17) is 0 Å². The van der Waals surface area contributed by atoms with Crippen LogP contribution in [0.1, 0.15) is 22.3 Å². The Morgan fingerprint density at radius 3 is 2.60 bits per heavy atom. The molecule has 1 aromatic heterocycles. The third-order valence-corrected chi connectivity index (χ3v) is 4.15. The fourth-order valence-corrected chi connectivity index (χ4v) is 2.86. The second kappa shape index (κ2) is 6.76. The summed E-state index contributed by atoms with van der Waals surface area (Å²) in [5.74, 6) is 0.0149. The minimum Gasteiger partial charge on any atom is -0.358 e. The SMILES string of the molecule is CCc1nnsc1C(=O)N1CCN(CC(=O)NC)CC1. The first kappa shape index (κ1) is 14.9. The average Bonchev–Trinajstić information content (AvgIpc) is 2.95. The number of carbonyl (C=O) groups excluding carboxylic acids is 2. The third-order valence-electron chi connectivity index (χ3n) is 3.39. The molecular weight excluding hydrogens is 278 g/mol. The molecule has 0 spiro atoms. The monoisotopic (exact) mass is 297 g/mol. The van der Waals surface area contributed by atoms with Crippen LogP contribution in [0.25, 0.3) is 0 Å². The van der Waals surface area contributed by atoms with Crippen molar-refractivity contribution in [3.63, 3.8) is 0 Å². The predicted octanol–water partition coefficient (Wildman–Crippen LogP) is -0.396. The summed E-state index contributed by atoms with van der Waals surface area (Å²) in [7, 11) is 1.63. The molecule has 0 bridgehead atoms. The van der Waals surface area contributed by atoms with E-state index in [2.05, 4.69) is 14.9 Å². The molecule has 0 radical (unpaired) electrons. The minimum absolute atomic E-state index is 0.00435. The molecule has 1 N–H and O–H groups in total. The zero-order valence-corrected chi connectivity index (χ0v) is 12.6. The second-order valence-electron chi connectivity index (χ2n) is 4.64. The van der Waals surface area contributed by atoms with Crippen molar-refractivity contribution in [3.8, 4) is 0 Å². The van der Waals surface area contributed by atoms with Gasteiger partial charge in [0.1, 0.15) is 4.88 Å². The van der Waals surface area contributed by atoms with E-state index in [-0.39, 0.29) is 11.8 Å². The van der Waals surface area contributed by atoms with Crippen molar-refractivity contribution in [2.24, 2.45) is 0 Å². The zero-order valence-electron chi connectivity index (χ0n) is 11.8. The van der Waals surface area contributed by atoms with Gasteiger partial charge < -0.3 is 10.2 Å². The Bertz CT molecular complexity index is 482. The van der Waals surface area contributed by atoms with Gasteiger partial charge in [-0.2, -0.15) is 0 Å². The highest BCUT2D eigenvalue weighted by Gasteiger charge is 2.26. The molecule has 0 atom stereocenters. The van der Waals surface area contributed by atoms with Gasteiger partial charge in [0, 0.05) is 33.2 Å². The van der Waals surface area contributed by atoms with E-state index in [1.807, 2.05) is 16.7 Å². The van der Waals surface area contributed by atoms with Crippen molar-refractivity contribution < 1.29 is 9.59 Å². The maximum absolute atomic E-state index is 12.4. The molecule has 0 unspecified atom stereocenters. The van der Waals surface area contributed by atoms with Gasteiger partial charge in [-0.3, -0.25) is 14.5 Å². The quantitative estimate of drug-likeness (QED) is 0.818. The van der Waals surface area contributed by atoms with Crippen LogP contribution < -0.4 is 5.32 Å². The molecule has 1 saturated heterocycles. The number of rotatable bonds is 4. The first-order chi connectivity index (χ1) is 9.65. The normalized spacial score (nSPS) is 16.2. The van der Waals surface area contributed by atoms with Crippen LogP contribution in [0, 0.1) is 0 Å². The van der Waals surface area contributed by atoms with E-state index >= 15 is 0 Å². The molecule has 1 aromatic rings. The van der Waals surface area contributed by atoms with Crippen LogP contribution in [-0.4, -0.2) is 71.0 Å². The van der Waals surface area contributed by atoms with E-state index < -0.39 is 0 Å². The van der Waals surface area contributed by atoms with Crippen molar-refractivity contribution in [2.75, 3.05) is 39.8 Å². The smallest absolute Gasteiger partial charge is 0.267 e. The summed E-state index contributed by atoms with van der Waals surface area (Å²) in [4.78, 5) is 28.2. The molecule has 1 aliphatic heterocycles. The van der Waals surface area contributed by atoms with Gasteiger partial charge in [0.2, 0.25) is 5.91 Å². The van der Waals surface area contributed by atoms with Gasteiger partial charge in [-0.15, -0.1) is 5.10 Å². The van der Waals surface area contributed by atoms with Crippen molar-refractivity contribution in [3.05, 3.63) is 10.6 Å². The van der Waals surface area contributed by atoms with Gasteiger partial charge in [0.05, 0.1) is 12.2 Å². The number of amides is 2. The summed E-state index contributed by atoms with van der Waals surface area (Å²) in [5, 5.41) is 6.58. The van der Waals surface area contributed by atoms with Gasteiger partial charge in [-0.25, -0.2) is 0 Å². The fourth-order valence-electron chi connectivity index (χ4n) is 2.14. The Balaban J connectivity index is 1.90. The molecule has 2 amide bonds. The molecule has 1 fully saturated rings. The van der Waals surface area contributed by atoms with Gasteiger partial charge in [-0.05, 0) is 18.0 Å². The molecule has 0 aliphatic carbocycles. The average molecular weight is 297 g/mol. The number of likely N-dealkylation sites (N-methyl/N-ethyl adjacent to an activating group) is 1. The van der Waals surface area contributed by atoms with E-state index in [0.717, 1.165) is 17.2 Å². The van der Waals surface area contributed by atoms with Crippen molar-refractivity contribution in [1.82, 2.24) is 24.7 Å². The molecule has 2 heterocycles. The molecule has 1 aliphatic rings. The standard InChI is InChI=1S/C12H19N5O2S/c1-3-9-11(20-15-14-9)12(19)17-6-4-16(5-7-17)8-10(18)13-2/h3-8H2,1-2H3,(H,13,18). The summed E-state index contributed by atoms with van der Waals surface area (Å²) in [5.41, 5.74) is 0.771. The van der Waals surface area contributed by atoms with E-state index in [1.165, 1.54) is 0 Å². The van der Waals surface area contributed by atoms with Gasteiger partial charge in [0.15, 0.2) is 0 Å². The van der Waals surface area contributed by atoms with Crippen LogP contribution in [0.4, 0.5) is 0 Å². The highest BCUT2D eigenvalue weighted by atomic mass is 32.1. The van der Waals surface area contributed by atoms with Crippen molar-refractivity contribution >= 4 is 23.3 Å². The lowest BCUT2D eigenvalue weighted by atomic mass is 10.2. The maximum atomic E-state index is 12.4. The number of aromatic nitrogens is 2. The van der Waals surface area contributed by atoms with Crippen molar-refractivity contribution in [1.29, 1.82) is 0 Å².